The van der Waals surface area contributed by atoms with Crippen LogP contribution in [-0.4, -0.2) is 60.0 Å². The standard InChI is InChI=1S/C28H27ClN6O2S2/c1-37-22-5-3-4-19(18-22)25-26(35-16-17-38-28(35)33-25)24-10-13-30-27(32-24)31-21-11-14-34(15-12-21)39(2,36)23-8-6-20(29)7-9-23/h3-10,13,16-18,21H,2,11-12,14-15H2,1H3,(H,30,31,32). The van der Waals surface area contributed by atoms with Crippen LogP contribution in [0.1, 0.15) is 12.8 Å². The summed E-state index contributed by atoms with van der Waals surface area (Å²) in [6.45, 7) is 1.31. The smallest absolute Gasteiger partial charge is 0.223 e. The third kappa shape index (κ3) is 5.12. The lowest BCUT2D eigenvalue weighted by Gasteiger charge is -2.34. The molecule has 0 saturated carbocycles. The zero-order valence-corrected chi connectivity index (χ0v) is 23.7. The van der Waals surface area contributed by atoms with Crippen molar-refractivity contribution in [1.82, 2.24) is 23.7 Å². The minimum atomic E-state index is -2.56. The second-order valence-corrected chi connectivity index (χ2v) is 12.9. The Balaban J connectivity index is 1.22. The van der Waals surface area contributed by atoms with E-state index in [-0.39, 0.29) is 6.04 Å². The lowest BCUT2D eigenvalue weighted by Crippen LogP contribution is -2.42. The van der Waals surface area contributed by atoms with Crippen LogP contribution in [0, 0.1) is 0 Å². The fraction of sp³-hybridized carbons (Fsp3) is 0.214. The fourth-order valence-electron chi connectivity index (χ4n) is 4.84. The van der Waals surface area contributed by atoms with Gasteiger partial charge >= 0.3 is 0 Å². The number of fused-ring (bicyclic) bond motifs is 1. The summed E-state index contributed by atoms with van der Waals surface area (Å²) in [5.74, 6) is 5.39. The van der Waals surface area contributed by atoms with Gasteiger partial charge in [0.15, 0.2) is 4.96 Å². The molecule has 1 atom stereocenters. The van der Waals surface area contributed by atoms with E-state index < -0.39 is 9.71 Å². The van der Waals surface area contributed by atoms with E-state index in [1.807, 2.05) is 46.2 Å². The summed E-state index contributed by atoms with van der Waals surface area (Å²) in [5, 5.41) is 6.13. The molecule has 0 radical (unpaired) electrons. The van der Waals surface area contributed by atoms with Crippen LogP contribution >= 0.6 is 22.9 Å². The zero-order valence-electron chi connectivity index (χ0n) is 21.3. The number of piperidine rings is 1. The fourth-order valence-corrected chi connectivity index (χ4v) is 7.34. The highest BCUT2D eigenvalue weighted by atomic mass is 35.5. The maximum absolute atomic E-state index is 13.5. The van der Waals surface area contributed by atoms with Crippen molar-refractivity contribution in [3.05, 3.63) is 77.4 Å². The number of hydrogen-bond acceptors (Lipinski definition) is 7. The monoisotopic (exact) mass is 578 g/mol. The minimum absolute atomic E-state index is 0.154. The number of aromatic nitrogens is 4. The van der Waals surface area contributed by atoms with Crippen LogP contribution in [0.5, 0.6) is 5.75 Å². The third-order valence-electron chi connectivity index (χ3n) is 6.89. The number of hydrogen-bond donors (Lipinski definition) is 1. The summed E-state index contributed by atoms with van der Waals surface area (Å²) >= 11 is 7.58. The van der Waals surface area contributed by atoms with E-state index in [0.717, 1.165) is 46.2 Å². The Bertz CT molecular complexity index is 1720. The molecule has 1 aliphatic rings. The van der Waals surface area contributed by atoms with Gasteiger partial charge in [0.1, 0.15) is 11.4 Å². The Morgan fingerprint density at radius 2 is 1.92 bits per heavy atom. The first-order chi connectivity index (χ1) is 18.9. The Hall–Kier alpha value is -3.44. The first kappa shape index (κ1) is 25.8. The molecule has 0 aliphatic carbocycles. The number of rotatable bonds is 7. The van der Waals surface area contributed by atoms with Crippen molar-refractivity contribution >= 4 is 49.4 Å². The summed E-state index contributed by atoms with van der Waals surface area (Å²) in [5.41, 5.74) is 3.47. The number of imidazole rings is 1. The van der Waals surface area contributed by atoms with Crippen molar-refractivity contribution in [1.29, 1.82) is 0 Å². The Labute approximate surface area is 236 Å². The molecular weight excluding hydrogens is 552 g/mol. The molecule has 6 rings (SSSR count). The molecule has 5 aromatic rings. The van der Waals surface area contributed by atoms with Crippen LogP contribution in [0.3, 0.4) is 0 Å². The molecule has 1 aliphatic heterocycles. The van der Waals surface area contributed by atoms with E-state index in [9.17, 15) is 4.21 Å². The van der Waals surface area contributed by atoms with Gasteiger partial charge in [-0.05, 0) is 61.2 Å². The minimum Gasteiger partial charge on any atom is -0.497 e. The molecule has 3 aromatic heterocycles. The molecule has 2 aromatic carbocycles. The Morgan fingerprint density at radius 1 is 1.13 bits per heavy atom. The average molecular weight is 579 g/mol. The maximum Gasteiger partial charge on any atom is 0.223 e. The van der Waals surface area contributed by atoms with Gasteiger partial charge in [-0.3, -0.25) is 4.40 Å². The average Bonchev–Trinajstić information content (AvgIpc) is 3.56. The SMILES string of the molecule is C=S(=O)(c1ccc(Cl)cc1)N1CCC(Nc2nccc(-c3c(-c4cccc(OC)c4)nc4sccn34)n2)CC1. The van der Waals surface area contributed by atoms with Crippen molar-refractivity contribution in [2.24, 2.45) is 0 Å². The van der Waals surface area contributed by atoms with Crippen molar-refractivity contribution in [3.8, 4) is 28.4 Å². The first-order valence-corrected chi connectivity index (χ1v) is 15.4. The van der Waals surface area contributed by atoms with E-state index in [1.165, 1.54) is 0 Å². The summed E-state index contributed by atoms with van der Waals surface area (Å²) in [7, 11) is -0.906. The van der Waals surface area contributed by atoms with Gasteiger partial charge in [0.05, 0.1) is 28.2 Å². The van der Waals surface area contributed by atoms with Gasteiger partial charge in [-0.2, -0.15) is 0 Å². The molecule has 1 saturated heterocycles. The Morgan fingerprint density at radius 3 is 2.69 bits per heavy atom. The topological polar surface area (TPSA) is 84.7 Å². The summed E-state index contributed by atoms with van der Waals surface area (Å²) < 4.78 is 22.9. The highest BCUT2D eigenvalue weighted by molar-refractivity contribution is 7.98. The molecular formula is C28H27ClN6O2S2. The van der Waals surface area contributed by atoms with Gasteiger partial charge in [0.2, 0.25) is 5.95 Å². The molecule has 1 fully saturated rings. The van der Waals surface area contributed by atoms with E-state index in [1.54, 1.807) is 48.9 Å². The van der Waals surface area contributed by atoms with E-state index in [0.29, 0.717) is 29.0 Å². The van der Waals surface area contributed by atoms with E-state index in [4.69, 9.17) is 26.3 Å². The second kappa shape index (κ2) is 10.6. The molecule has 0 amide bonds. The number of methoxy groups -OCH3 is 1. The van der Waals surface area contributed by atoms with Gasteiger partial charge in [0, 0.05) is 52.4 Å². The molecule has 11 heteroatoms. The van der Waals surface area contributed by atoms with Crippen LogP contribution < -0.4 is 10.1 Å². The molecule has 1 unspecified atom stereocenters. The van der Waals surface area contributed by atoms with Crippen LogP contribution in [0.25, 0.3) is 27.6 Å². The van der Waals surface area contributed by atoms with Crippen molar-refractivity contribution in [2.45, 2.75) is 23.8 Å². The summed E-state index contributed by atoms with van der Waals surface area (Å²) in [6, 6.07) is 17.0. The predicted molar refractivity (Wildman–Crippen MR) is 159 cm³/mol. The number of anilines is 1. The van der Waals surface area contributed by atoms with Crippen LogP contribution in [0.15, 0.2) is 77.3 Å². The molecule has 39 heavy (non-hydrogen) atoms. The van der Waals surface area contributed by atoms with Crippen molar-refractivity contribution in [2.75, 3.05) is 25.5 Å². The number of thiazole rings is 1. The van der Waals surface area contributed by atoms with Crippen molar-refractivity contribution < 1.29 is 8.95 Å². The van der Waals surface area contributed by atoms with Gasteiger partial charge in [-0.25, -0.2) is 23.5 Å². The number of nitrogens with zero attached hydrogens (tertiary/aromatic N) is 5. The molecule has 8 nitrogen and oxygen atoms in total. The largest absolute Gasteiger partial charge is 0.497 e. The lowest BCUT2D eigenvalue weighted by molar-refractivity contribution is 0.344. The first-order valence-electron chi connectivity index (χ1n) is 12.5. The number of benzene rings is 2. The highest BCUT2D eigenvalue weighted by Gasteiger charge is 2.26. The number of ether oxygens (including phenoxy) is 1. The second-order valence-electron chi connectivity index (χ2n) is 9.30. The van der Waals surface area contributed by atoms with E-state index >= 15 is 0 Å². The molecule has 4 heterocycles. The number of halogens is 1. The zero-order chi connectivity index (χ0) is 27.0. The molecule has 1 N–H and O–H groups in total. The highest BCUT2D eigenvalue weighted by Crippen LogP contribution is 2.35. The van der Waals surface area contributed by atoms with Gasteiger partial charge < -0.3 is 10.1 Å². The van der Waals surface area contributed by atoms with Gasteiger partial charge in [-0.15, -0.1) is 11.3 Å². The Kier molecular flexibility index (Phi) is 7.03. The summed E-state index contributed by atoms with van der Waals surface area (Å²) in [6.07, 6.45) is 5.37. The molecule has 0 spiro atoms. The summed E-state index contributed by atoms with van der Waals surface area (Å²) in [4.78, 5) is 15.9. The molecule has 200 valence electrons. The van der Waals surface area contributed by atoms with Crippen LogP contribution in [0.4, 0.5) is 5.95 Å². The lowest BCUT2D eigenvalue weighted by atomic mass is 10.1. The quantitative estimate of drug-likeness (QED) is 0.248. The number of nitrogens with one attached hydrogen (secondary N) is 1. The van der Waals surface area contributed by atoms with Crippen molar-refractivity contribution in [3.63, 3.8) is 0 Å². The normalized spacial score (nSPS) is 16.3. The van der Waals surface area contributed by atoms with Crippen LogP contribution in [0.2, 0.25) is 5.02 Å². The molecule has 0 bridgehead atoms. The maximum atomic E-state index is 13.5. The van der Waals surface area contributed by atoms with Crippen LogP contribution in [-0.2, 0) is 9.71 Å². The van der Waals surface area contributed by atoms with Gasteiger partial charge in [0.25, 0.3) is 0 Å². The van der Waals surface area contributed by atoms with E-state index in [2.05, 4.69) is 20.6 Å². The predicted octanol–water partition coefficient (Wildman–Crippen LogP) is 5.75. The third-order valence-corrected chi connectivity index (χ3v) is 10.1. The van der Waals surface area contributed by atoms with Gasteiger partial charge in [-0.1, -0.05) is 23.7 Å².